The molecule has 0 spiro atoms. The first-order valence-electron chi connectivity index (χ1n) is 11.4. The fourth-order valence-corrected chi connectivity index (χ4v) is 5.56. The first-order valence-corrected chi connectivity index (χ1v) is 11.4. The van der Waals surface area contributed by atoms with Gasteiger partial charge in [0.25, 0.3) is 0 Å². The highest BCUT2D eigenvalue weighted by Gasteiger charge is 2.32. The summed E-state index contributed by atoms with van der Waals surface area (Å²) >= 11 is 0. The minimum absolute atomic E-state index is 0.0129. The molecule has 28 heavy (non-hydrogen) atoms. The summed E-state index contributed by atoms with van der Waals surface area (Å²) in [5.41, 5.74) is 3.26. The number of hydrogen-bond donors (Lipinski definition) is 1. The number of hydrogen-bond acceptors (Lipinski definition) is 3. The highest BCUT2D eigenvalue weighted by molar-refractivity contribution is 5.95. The maximum Gasteiger partial charge on any atom is 0.229 e. The summed E-state index contributed by atoms with van der Waals surface area (Å²) in [6, 6.07) is 6.23. The van der Waals surface area contributed by atoms with E-state index < -0.39 is 6.10 Å². The Hall–Kier alpha value is -1.39. The molecule has 4 heteroatoms. The largest absolute Gasteiger partial charge is 0.387 e. The van der Waals surface area contributed by atoms with Gasteiger partial charge in [-0.1, -0.05) is 45.2 Å². The van der Waals surface area contributed by atoms with Crippen LogP contribution < -0.4 is 4.90 Å². The van der Waals surface area contributed by atoms with Crippen LogP contribution in [0.4, 0.5) is 5.69 Å². The van der Waals surface area contributed by atoms with E-state index in [9.17, 15) is 9.90 Å². The maximum atomic E-state index is 12.5. The Morgan fingerprint density at radius 1 is 1.11 bits per heavy atom. The van der Waals surface area contributed by atoms with Gasteiger partial charge in [-0.25, -0.2) is 0 Å². The molecule has 1 amide bonds. The number of rotatable bonds is 4. The number of aliphatic hydroxyl groups is 1. The van der Waals surface area contributed by atoms with Crippen LogP contribution >= 0.6 is 0 Å². The third kappa shape index (κ3) is 4.13. The molecule has 1 saturated heterocycles. The zero-order valence-electron chi connectivity index (χ0n) is 17.6. The van der Waals surface area contributed by atoms with Crippen molar-refractivity contribution in [2.24, 2.45) is 17.8 Å². The van der Waals surface area contributed by atoms with Gasteiger partial charge in [0.2, 0.25) is 5.91 Å². The van der Waals surface area contributed by atoms with Crippen LogP contribution in [0.15, 0.2) is 18.2 Å². The molecule has 4 rings (SSSR count). The molecule has 3 aliphatic rings. The Balaban J connectivity index is 1.42. The fourth-order valence-electron chi connectivity index (χ4n) is 5.56. The lowest BCUT2D eigenvalue weighted by atomic mass is 9.75. The summed E-state index contributed by atoms with van der Waals surface area (Å²) in [4.78, 5) is 16.9. The number of aliphatic hydroxyl groups excluding tert-OH is 1. The monoisotopic (exact) mass is 384 g/mol. The third-order valence-corrected chi connectivity index (χ3v) is 7.17. The van der Waals surface area contributed by atoms with E-state index in [1.165, 1.54) is 37.7 Å². The second-order valence-corrected chi connectivity index (χ2v) is 9.50. The van der Waals surface area contributed by atoms with Gasteiger partial charge in [0.15, 0.2) is 0 Å². The zero-order chi connectivity index (χ0) is 19.7. The molecule has 1 aliphatic carbocycles. The number of fused-ring (bicyclic) bond motifs is 2. The Morgan fingerprint density at radius 2 is 1.89 bits per heavy atom. The molecule has 1 aromatic rings. The first kappa shape index (κ1) is 19.9. The number of β-amino-alcohol motifs (C(OH)–C–C–N with tert-alkyl or cyclic N) is 1. The van der Waals surface area contributed by atoms with Crippen molar-refractivity contribution in [3.05, 3.63) is 29.3 Å². The average molecular weight is 385 g/mol. The molecular weight excluding hydrogens is 348 g/mol. The normalized spacial score (nSPS) is 26.6. The molecular formula is C24H36N2O2. The second-order valence-electron chi connectivity index (χ2n) is 9.50. The third-order valence-electron chi connectivity index (χ3n) is 7.17. The second kappa shape index (κ2) is 8.54. The molecule has 2 aliphatic heterocycles. The van der Waals surface area contributed by atoms with E-state index in [-0.39, 0.29) is 11.8 Å². The summed E-state index contributed by atoms with van der Waals surface area (Å²) < 4.78 is 0. The van der Waals surface area contributed by atoms with Crippen molar-refractivity contribution < 1.29 is 9.90 Å². The van der Waals surface area contributed by atoms with Crippen molar-refractivity contribution in [3.63, 3.8) is 0 Å². The number of carbonyl (C=O) groups excluding carboxylic acids is 1. The van der Waals surface area contributed by atoms with Crippen molar-refractivity contribution in [1.29, 1.82) is 0 Å². The highest BCUT2D eigenvalue weighted by atomic mass is 16.3. The summed E-state index contributed by atoms with van der Waals surface area (Å²) in [5.74, 6) is 1.98. The summed E-state index contributed by atoms with van der Waals surface area (Å²) in [6.07, 6.45) is 8.43. The number of anilines is 1. The van der Waals surface area contributed by atoms with E-state index in [1.807, 2.05) is 24.8 Å². The molecule has 4 nitrogen and oxygen atoms in total. The van der Waals surface area contributed by atoms with Gasteiger partial charge in [-0.05, 0) is 61.3 Å². The molecule has 1 aromatic carbocycles. The molecule has 0 aromatic heterocycles. The van der Waals surface area contributed by atoms with Gasteiger partial charge in [0, 0.05) is 31.2 Å². The van der Waals surface area contributed by atoms with E-state index in [0.29, 0.717) is 0 Å². The lowest BCUT2D eigenvalue weighted by Gasteiger charge is -2.42. The molecule has 154 valence electrons. The predicted molar refractivity (Wildman–Crippen MR) is 113 cm³/mol. The molecule has 1 saturated carbocycles. The van der Waals surface area contributed by atoms with E-state index in [2.05, 4.69) is 17.0 Å². The predicted octanol–water partition coefficient (Wildman–Crippen LogP) is 4.17. The van der Waals surface area contributed by atoms with Crippen molar-refractivity contribution in [2.45, 2.75) is 64.9 Å². The van der Waals surface area contributed by atoms with Crippen molar-refractivity contribution in [3.8, 4) is 0 Å². The zero-order valence-corrected chi connectivity index (χ0v) is 17.6. The summed E-state index contributed by atoms with van der Waals surface area (Å²) in [5, 5.41) is 10.9. The van der Waals surface area contributed by atoms with Crippen LogP contribution in [0, 0.1) is 17.8 Å². The molecule has 2 heterocycles. The highest BCUT2D eigenvalue weighted by Crippen LogP contribution is 2.37. The van der Waals surface area contributed by atoms with Crippen molar-refractivity contribution >= 4 is 11.6 Å². The number of carbonyl (C=O) groups is 1. The minimum atomic E-state index is -0.443. The molecule has 0 bridgehead atoms. The van der Waals surface area contributed by atoms with Gasteiger partial charge >= 0.3 is 0 Å². The van der Waals surface area contributed by atoms with Crippen LogP contribution in [0.3, 0.4) is 0 Å². The SMILES string of the molecule is CC(C)C(=O)N1CCCc2cc([C@H](O)CN3CC[C@@H]4CCCC[C@H]4C3)ccc21. The topological polar surface area (TPSA) is 43.8 Å². The maximum absolute atomic E-state index is 12.5. The van der Waals surface area contributed by atoms with E-state index in [4.69, 9.17) is 0 Å². The van der Waals surface area contributed by atoms with Crippen LogP contribution in [0.2, 0.25) is 0 Å². The summed E-state index contributed by atoms with van der Waals surface area (Å²) in [6.45, 7) is 7.75. The summed E-state index contributed by atoms with van der Waals surface area (Å²) in [7, 11) is 0. The standard InChI is InChI=1S/C24H36N2O2/c1-17(2)24(28)26-12-5-8-19-14-20(9-10-22(19)26)23(27)16-25-13-11-18-6-3-4-7-21(18)15-25/h9-10,14,17-18,21,23,27H,3-8,11-13,15-16H2,1-2H3/t18-,21-,23+/m0/s1. The minimum Gasteiger partial charge on any atom is -0.387 e. The van der Waals surface area contributed by atoms with Crippen LogP contribution in [-0.4, -0.2) is 42.1 Å². The Morgan fingerprint density at radius 3 is 2.68 bits per heavy atom. The van der Waals surface area contributed by atoms with E-state index in [0.717, 1.165) is 62.1 Å². The average Bonchev–Trinajstić information content (AvgIpc) is 2.72. The fraction of sp³-hybridized carbons (Fsp3) is 0.708. The molecule has 1 N–H and O–H groups in total. The van der Waals surface area contributed by atoms with Gasteiger partial charge in [-0.15, -0.1) is 0 Å². The Bertz CT molecular complexity index is 702. The Labute approximate surface area is 169 Å². The molecule has 0 unspecified atom stereocenters. The number of amides is 1. The van der Waals surface area contributed by atoms with Gasteiger partial charge in [-0.2, -0.15) is 0 Å². The van der Waals surface area contributed by atoms with Crippen LogP contribution in [0.1, 0.15) is 69.6 Å². The van der Waals surface area contributed by atoms with Gasteiger partial charge in [0.1, 0.15) is 0 Å². The number of aryl methyl sites for hydroxylation is 1. The lowest BCUT2D eigenvalue weighted by molar-refractivity contribution is -0.121. The quantitative estimate of drug-likeness (QED) is 0.847. The number of nitrogens with zero attached hydrogens (tertiary/aromatic N) is 2. The molecule has 2 fully saturated rings. The first-order chi connectivity index (χ1) is 13.5. The smallest absolute Gasteiger partial charge is 0.229 e. The van der Waals surface area contributed by atoms with E-state index in [1.54, 1.807) is 0 Å². The van der Waals surface area contributed by atoms with Crippen LogP contribution in [0.25, 0.3) is 0 Å². The van der Waals surface area contributed by atoms with E-state index >= 15 is 0 Å². The van der Waals surface area contributed by atoms with Crippen LogP contribution in [-0.2, 0) is 11.2 Å². The molecule has 0 radical (unpaired) electrons. The number of piperidine rings is 1. The van der Waals surface area contributed by atoms with Crippen molar-refractivity contribution in [1.82, 2.24) is 4.90 Å². The van der Waals surface area contributed by atoms with Gasteiger partial charge in [-0.3, -0.25) is 4.79 Å². The van der Waals surface area contributed by atoms with Crippen molar-refractivity contribution in [2.75, 3.05) is 31.1 Å². The Kier molecular flexibility index (Phi) is 6.07. The lowest BCUT2D eigenvalue weighted by Crippen LogP contribution is -2.43. The number of likely N-dealkylation sites (tertiary alicyclic amines) is 1. The van der Waals surface area contributed by atoms with Gasteiger partial charge < -0.3 is 14.9 Å². The number of benzene rings is 1. The van der Waals surface area contributed by atoms with Crippen LogP contribution in [0.5, 0.6) is 0 Å². The molecule has 3 atom stereocenters. The van der Waals surface area contributed by atoms with Gasteiger partial charge in [0.05, 0.1) is 6.10 Å².